The summed E-state index contributed by atoms with van der Waals surface area (Å²) >= 11 is 5.72. The van der Waals surface area contributed by atoms with Gasteiger partial charge in [0.2, 0.25) is 0 Å². The van der Waals surface area contributed by atoms with Crippen LogP contribution < -0.4 is 5.32 Å². The van der Waals surface area contributed by atoms with E-state index in [9.17, 15) is 4.79 Å². The first-order valence-corrected chi connectivity index (χ1v) is 5.80. The van der Waals surface area contributed by atoms with Crippen molar-refractivity contribution >= 4 is 17.5 Å². The van der Waals surface area contributed by atoms with Gasteiger partial charge in [-0.05, 0) is 25.8 Å². The Labute approximate surface area is 100 Å². The number of carbonyl (C=O) groups excluding carboxylic acids is 1. The lowest BCUT2D eigenvalue weighted by Crippen LogP contribution is -2.45. The van der Waals surface area contributed by atoms with Crippen molar-refractivity contribution in [1.29, 1.82) is 0 Å². The average molecular weight is 242 g/mol. The second-order valence-corrected chi connectivity index (χ2v) is 4.32. The standard InChI is InChI=1S/C11H16ClN3O/c1-3-11(2,5-6-12)15-10(16)9-4-7-13-14-8-9/h4,7-8H,3,5-6H2,1-2H3,(H,15,16). The van der Waals surface area contributed by atoms with Crippen LogP contribution in [0.3, 0.4) is 0 Å². The van der Waals surface area contributed by atoms with Crippen molar-refractivity contribution in [3.05, 3.63) is 24.0 Å². The van der Waals surface area contributed by atoms with E-state index in [4.69, 9.17) is 11.6 Å². The van der Waals surface area contributed by atoms with Gasteiger partial charge in [0.25, 0.3) is 5.91 Å². The number of nitrogens with zero attached hydrogens (tertiary/aromatic N) is 2. The Morgan fingerprint density at radius 2 is 2.31 bits per heavy atom. The van der Waals surface area contributed by atoms with E-state index < -0.39 is 0 Å². The number of rotatable bonds is 5. The van der Waals surface area contributed by atoms with E-state index in [0.29, 0.717) is 11.4 Å². The van der Waals surface area contributed by atoms with Gasteiger partial charge in [-0.3, -0.25) is 4.79 Å². The zero-order valence-electron chi connectivity index (χ0n) is 9.53. The average Bonchev–Trinajstić information content (AvgIpc) is 2.30. The van der Waals surface area contributed by atoms with E-state index in [1.165, 1.54) is 12.4 Å². The molecule has 1 N–H and O–H groups in total. The number of amides is 1. The second kappa shape index (κ2) is 5.80. The zero-order valence-corrected chi connectivity index (χ0v) is 10.3. The third-order valence-electron chi connectivity index (χ3n) is 2.69. The van der Waals surface area contributed by atoms with Crippen LogP contribution in [0, 0.1) is 0 Å². The molecule has 1 aromatic rings. The number of carbonyl (C=O) groups is 1. The highest BCUT2D eigenvalue weighted by Gasteiger charge is 2.24. The molecular weight excluding hydrogens is 226 g/mol. The lowest BCUT2D eigenvalue weighted by Gasteiger charge is -2.28. The molecule has 0 bridgehead atoms. The summed E-state index contributed by atoms with van der Waals surface area (Å²) in [5.41, 5.74) is 0.256. The minimum atomic E-state index is -0.262. The quantitative estimate of drug-likeness (QED) is 0.803. The summed E-state index contributed by atoms with van der Waals surface area (Å²) in [7, 11) is 0. The molecular formula is C11H16ClN3O. The van der Waals surface area contributed by atoms with E-state index in [1.807, 2.05) is 13.8 Å². The number of nitrogens with one attached hydrogen (secondary N) is 1. The lowest BCUT2D eigenvalue weighted by atomic mass is 9.95. The molecule has 0 aromatic carbocycles. The highest BCUT2D eigenvalue weighted by molar-refractivity contribution is 6.17. The summed E-state index contributed by atoms with van der Waals surface area (Å²) in [5.74, 6) is 0.392. The van der Waals surface area contributed by atoms with Crippen LogP contribution in [0.5, 0.6) is 0 Å². The summed E-state index contributed by atoms with van der Waals surface area (Å²) < 4.78 is 0. The van der Waals surface area contributed by atoms with Crippen molar-refractivity contribution in [2.75, 3.05) is 5.88 Å². The number of hydrogen-bond acceptors (Lipinski definition) is 3. The van der Waals surface area contributed by atoms with E-state index in [2.05, 4.69) is 15.5 Å². The molecule has 1 aromatic heterocycles. The topological polar surface area (TPSA) is 54.9 Å². The van der Waals surface area contributed by atoms with Gasteiger partial charge in [0.05, 0.1) is 18.0 Å². The Kier molecular flexibility index (Phi) is 4.68. The van der Waals surface area contributed by atoms with Gasteiger partial charge in [0, 0.05) is 11.4 Å². The van der Waals surface area contributed by atoms with Gasteiger partial charge in [-0.1, -0.05) is 6.92 Å². The van der Waals surface area contributed by atoms with Gasteiger partial charge < -0.3 is 5.32 Å². The van der Waals surface area contributed by atoms with Crippen LogP contribution >= 0.6 is 11.6 Å². The van der Waals surface area contributed by atoms with E-state index in [1.54, 1.807) is 6.07 Å². The molecule has 0 spiro atoms. The number of hydrogen-bond donors (Lipinski definition) is 1. The maximum atomic E-state index is 11.9. The van der Waals surface area contributed by atoms with Crippen LogP contribution in [0.4, 0.5) is 0 Å². The van der Waals surface area contributed by atoms with Crippen LogP contribution in [0.1, 0.15) is 37.0 Å². The monoisotopic (exact) mass is 241 g/mol. The maximum absolute atomic E-state index is 11.9. The molecule has 0 aliphatic heterocycles. The third-order valence-corrected chi connectivity index (χ3v) is 2.88. The summed E-state index contributed by atoms with van der Waals surface area (Å²) in [6.07, 6.45) is 4.53. The van der Waals surface area contributed by atoms with Gasteiger partial charge >= 0.3 is 0 Å². The summed E-state index contributed by atoms with van der Waals surface area (Å²) in [4.78, 5) is 11.9. The van der Waals surface area contributed by atoms with Crippen molar-refractivity contribution in [2.24, 2.45) is 0 Å². The van der Waals surface area contributed by atoms with Crippen molar-refractivity contribution in [3.63, 3.8) is 0 Å². The van der Waals surface area contributed by atoms with Gasteiger partial charge in [-0.2, -0.15) is 10.2 Å². The number of alkyl halides is 1. The SMILES string of the molecule is CCC(C)(CCCl)NC(=O)c1ccnnc1. The van der Waals surface area contributed by atoms with Gasteiger partial charge in [-0.25, -0.2) is 0 Å². The number of halogens is 1. The molecule has 88 valence electrons. The van der Waals surface area contributed by atoms with E-state index >= 15 is 0 Å². The fraction of sp³-hybridized carbons (Fsp3) is 0.545. The Morgan fingerprint density at radius 3 is 2.81 bits per heavy atom. The zero-order chi connectivity index (χ0) is 12.0. The Balaban J connectivity index is 2.70. The van der Waals surface area contributed by atoms with Gasteiger partial charge in [0.1, 0.15) is 0 Å². The highest BCUT2D eigenvalue weighted by atomic mass is 35.5. The highest BCUT2D eigenvalue weighted by Crippen LogP contribution is 2.15. The molecule has 16 heavy (non-hydrogen) atoms. The molecule has 1 amide bonds. The minimum Gasteiger partial charge on any atom is -0.347 e. The largest absolute Gasteiger partial charge is 0.347 e. The molecule has 0 saturated heterocycles. The second-order valence-electron chi connectivity index (χ2n) is 3.94. The fourth-order valence-corrected chi connectivity index (χ4v) is 1.72. The van der Waals surface area contributed by atoms with Crippen LogP contribution in [-0.4, -0.2) is 27.5 Å². The van der Waals surface area contributed by atoms with Crippen molar-refractivity contribution in [3.8, 4) is 0 Å². The minimum absolute atomic E-state index is 0.135. The molecule has 0 aliphatic carbocycles. The summed E-state index contributed by atoms with van der Waals surface area (Å²) in [6, 6.07) is 1.64. The summed E-state index contributed by atoms with van der Waals surface area (Å²) in [5, 5.41) is 10.3. The van der Waals surface area contributed by atoms with Crippen LogP contribution in [-0.2, 0) is 0 Å². The Bertz CT molecular complexity index is 344. The first kappa shape index (κ1) is 12.9. The molecule has 1 atom stereocenters. The Hall–Kier alpha value is -1.16. The van der Waals surface area contributed by atoms with Crippen molar-refractivity contribution in [1.82, 2.24) is 15.5 Å². The van der Waals surface area contributed by atoms with Crippen molar-refractivity contribution < 1.29 is 4.79 Å². The fourth-order valence-electron chi connectivity index (χ4n) is 1.31. The lowest BCUT2D eigenvalue weighted by molar-refractivity contribution is 0.0901. The smallest absolute Gasteiger partial charge is 0.253 e. The molecule has 1 unspecified atom stereocenters. The third kappa shape index (κ3) is 3.45. The molecule has 0 aliphatic rings. The molecule has 0 radical (unpaired) electrons. The van der Waals surface area contributed by atoms with E-state index in [-0.39, 0.29) is 11.4 Å². The van der Waals surface area contributed by atoms with Crippen LogP contribution in [0.25, 0.3) is 0 Å². The van der Waals surface area contributed by atoms with Crippen molar-refractivity contribution in [2.45, 2.75) is 32.2 Å². The van der Waals surface area contributed by atoms with E-state index in [0.717, 1.165) is 12.8 Å². The van der Waals surface area contributed by atoms with Crippen LogP contribution in [0.15, 0.2) is 18.5 Å². The molecule has 5 heteroatoms. The first-order valence-electron chi connectivity index (χ1n) is 5.26. The summed E-state index contributed by atoms with van der Waals surface area (Å²) in [6.45, 7) is 4.01. The van der Waals surface area contributed by atoms with Gasteiger partial charge in [0.15, 0.2) is 0 Å². The first-order chi connectivity index (χ1) is 7.61. The number of aromatic nitrogens is 2. The molecule has 4 nitrogen and oxygen atoms in total. The predicted octanol–water partition coefficient (Wildman–Crippen LogP) is 2.00. The predicted molar refractivity (Wildman–Crippen MR) is 63.5 cm³/mol. The maximum Gasteiger partial charge on any atom is 0.253 e. The van der Waals surface area contributed by atoms with Crippen LogP contribution in [0.2, 0.25) is 0 Å². The normalized spacial score (nSPS) is 14.2. The Morgan fingerprint density at radius 1 is 1.56 bits per heavy atom. The molecule has 0 fully saturated rings. The molecule has 1 rings (SSSR count). The van der Waals surface area contributed by atoms with Gasteiger partial charge in [-0.15, -0.1) is 11.6 Å². The molecule has 1 heterocycles. The molecule has 0 saturated carbocycles.